The first kappa shape index (κ1) is 16.0. The average Bonchev–Trinajstić information content (AvgIpc) is 2.44. The van der Waals surface area contributed by atoms with Crippen molar-refractivity contribution in [3.63, 3.8) is 0 Å². The Morgan fingerprint density at radius 2 is 2.00 bits per heavy atom. The molecule has 0 amide bonds. The first-order valence-electron chi connectivity index (χ1n) is 8.02. The third-order valence-electron chi connectivity index (χ3n) is 4.32. The van der Waals surface area contributed by atoms with E-state index in [-0.39, 0.29) is 0 Å². The summed E-state index contributed by atoms with van der Waals surface area (Å²) in [4.78, 5) is 4.91. The van der Waals surface area contributed by atoms with Gasteiger partial charge in [0.25, 0.3) is 0 Å². The zero-order chi connectivity index (χ0) is 14.4. The predicted octanol–water partition coefficient (Wildman–Crippen LogP) is 1.34. The molecule has 2 fully saturated rings. The molecule has 2 saturated heterocycles. The smallest absolute Gasteiger partial charge is 0.0826 e. The van der Waals surface area contributed by atoms with Gasteiger partial charge in [-0.1, -0.05) is 11.6 Å². The minimum atomic E-state index is 0.373. The highest BCUT2D eigenvalue weighted by Crippen LogP contribution is 2.11. The van der Waals surface area contributed by atoms with Crippen LogP contribution in [0.1, 0.15) is 26.7 Å². The number of likely N-dealkylation sites (tertiary alicyclic amines) is 1. The fourth-order valence-corrected chi connectivity index (χ4v) is 2.92. The Kier molecular flexibility index (Phi) is 6.49. The van der Waals surface area contributed by atoms with Crippen molar-refractivity contribution in [1.29, 1.82) is 0 Å². The van der Waals surface area contributed by atoms with Crippen LogP contribution in [0.4, 0.5) is 0 Å². The zero-order valence-electron chi connectivity index (χ0n) is 13.4. The number of nitrogens with zero attached hydrogens (tertiary/aromatic N) is 2. The quantitative estimate of drug-likeness (QED) is 0.770. The van der Waals surface area contributed by atoms with E-state index in [1.165, 1.54) is 31.5 Å². The molecule has 4 heteroatoms. The molecule has 0 spiro atoms. The van der Waals surface area contributed by atoms with Crippen LogP contribution in [0.2, 0.25) is 0 Å². The van der Waals surface area contributed by atoms with Gasteiger partial charge in [-0.15, -0.1) is 0 Å². The van der Waals surface area contributed by atoms with E-state index in [0.717, 1.165) is 32.8 Å². The summed E-state index contributed by atoms with van der Waals surface area (Å²) in [7, 11) is 2.18. The van der Waals surface area contributed by atoms with Crippen LogP contribution < -0.4 is 5.32 Å². The second-order valence-electron chi connectivity index (χ2n) is 6.52. The van der Waals surface area contributed by atoms with Crippen molar-refractivity contribution in [2.45, 2.75) is 38.8 Å². The van der Waals surface area contributed by atoms with E-state index in [1.807, 2.05) is 0 Å². The van der Waals surface area contributed by atoms with Gasteiger partial charge in [-0.25, -0.2) is 0 Å². The van der Waals surface area contributed by atoms with Crippen LogP contribution in [-0.2, 0) is 4.74 Å². The number of ether oxygens (including phenoxy) is 1. The molecule has 116 valence electrons. The first-order chi connectivity index (χ1) is 9.63. The minimum absolute atomic E-state index is 0.373. The molecule has 0 bridgehead atoms. The van der Waals surface area contributed by atoms with Gasteiger partial charge in [-0.3, -0.25) is 4.90 Å². The van der Waals surface area contributed by atoms with Gasteiger partial charge in [0.2, 0.25) is 0 Å². The van der Waals surface area contributed by atoms with Crippen LogP contribution in [0.15, 0.2) is 11.6 Å². The molecule has 0 aromatic heterocycles. The maximum Gasteiger partial charge on any atom is 0.0826 e. The molecule has 1 atom stereocenters. The van der Waals surface area contributed by atoms with Gasteiger partial charge in [0, 0.05) is 32.2 Å². The topological polar surface area (TPSA) is 27.7 Å². The van der Waals surface area contributed by atoms with Gasteiger partial charge in [0.1, 0.15) is 0 Å². The lowest BCUT2D eigenvalue weighted by Crippen LogP contribution is -2.49. The van der Waals surface area contributed by atoms with Crippen LogP contribution in [-0.4, -0.2) is 74.9 Å². The summed E-state index contributed by atoms with van der Waals surface area (Å²) < 4.78 is 5.80. The molecule has 4 nitrogen and oxygen atoms in total. The summed E-state index contributed by atoms with van der Waals surface area (Å²) in [5.41, 5.74) is 1.42. The van der Waals surface area contributed by atoms with Crippen molar-refractivity contribution < 1.29 is 4.74 Å². The molecule has 2 heterocycles. The Bertz CT molecular complexity index is 307. The molecular formula is C16H31N3O. The highest BCUT2D eigenvalue weighted by atomic mass is 16.5. The zero-order valence-corrected chi connectivity index (χ0v) is 13.4. The van der Waals surface area contributed by atoms with Gasteiger partial charge in [-0.2, -0.15) is 0 Å². The van der Waals surface area contributed by atoms with Crippen molar-refractivity contribution in [1.82, 2.24) is 15.1 Å². The number of hydrogen-bond acceptors (Lipinski definition) is 4. The van der Waals surface area contributed by atoms with Crippen LogP contribution in [0.3, 0.4) is 0 Å². The Balaban J connectivity index is 1.61. The standard InChI is InChI=1S/C16H31N3O/c1-14(2)4-7-19-8-5-15(6-9-19)17-12-16-13-18(3)10-11-20-16/h4,15-17H,5-13H2,1-3H3. The molecule has 2 aliphatic rings. The predicted molar refractivity (Wildman–Crippen MR) is 84.1 cm³/mol. The number of morpholine rings is 1. The molecule has 0 aromatic carbocycles. The molecule has 2 rings (SSSR count). The van der Waals surface area contributed by atoms with E-state index in [4.69, 9.17) is 4.74 Å². The highest BCUT2D eigenvalue weighted by Gasteiger charge is 2.21. The maximum absolute atomic E-state index is 5.80. The lowest BCUT2D eigenvalue weighted by molar-refractivity contribution is -0.0201. The summed E-state index contributed by atoms with van der Waals surface area (Å²) in [5.74, 6) is 0. The lowest BCUT2D eigenvalue weighted by Gasteiger charge is -2.34. The molecule has 0 aromatic rings. The second kappa shape index (κ2) is 8.13. The second-order valence-corrected chi connectivity index (χ2v) is 6.52. The molecule has 0 aliphatic carbocycles. The number of hydrogen-bond donors (Lipinski definition) is 1. The Morgan fingerprint density at radius 1 is 1.25 bits per heavy atom. The fourth-order valence-electron chi connectivity index (χ4n) is 2.92. The van der Waals surface area contributed by atoms with E-state index in [0.29, 0.717) is 12.1 Å². The normalized spacial score (nSPS) is 26.6. The fraction of sp³-hybridized carbons (Fsp3) is 0.875. The summed E-state index contributed by atoms with van der Waals surface area (Å²) in [5, 5.41) is 3.70. The van der Waals surface area contributed by atoms with Crippen molar-refractivity contribution in [3.05, 3.63) is 11.6 Å². The van der Waals surface area contributed by atoms with Crippen molar-refractivity contribution in [2.75, 3.05) is 52.9 Å². The van der Waals surface area contributed by atoms with Crippen LogP contribution >= 0.6 is 0 Å². The van der Waals surface area contributed by atoms with Crippen LogP contribution in [0, 0.1) is 0 Å². The van der Waals surface area contributed by atoms with Crippen LogP contribution in [0.25, 0.3) is 0 Å². The van der Waals surface area contributed by atoms with E-state index in [9.17, 15) is 0 Å². The third kappa shape index (κ3) is 5.52. The van der Waals surface area contributed by atoms with E-state index < -0.39 is 0 Å². The van der Waals surface area contributed by atoms with Gasteiger partial charge in [0.05, 0.1) is 12.7 Å². The molecule has 0 saturated carbocycles. The number of piperidine rings is 1. The Hall–Kier alpha value is -0.420. The van der Waals surface area contributed by atoms with Crippen molar-refractivity contribution in [2.24, 2.45) is 0 Å². The Morgan fingerprint density at radius 3 is 2.65 bits per heavy atom. The summed E-state index contributed by atoms with van der Waals surface area (Å²) >= 11 is 0. The molecule has 2 aliphatic heterocycles. The summed E-state index contributed by atoms with van der Waals surface area (Å²) in [6.07, 6.45) is 5.23. The average molecular weight is 281 g/mol. The summed E-state index contributed by atoms with van der Waals surface area (Å²) in [6.45, 7) is 11.9. The van der Waals surface area contributed by atoms with E-state index in [2.05, 4.69) is 42.1 Å². The van der Waals surface area contributed by atoms with Crippen LogP contribution in [0.5, 0.6) is 0 Å². The molecule has 1 unspecified atom stereocenters. The molecular weight excluding hydrogens is 250 g/mol. The van der Waals surface area contributed by atoms with Gasteiger partial charge in [-0.05, 0) is 46.8 Å². The molecule has 1 N–H and O–H groups in total. The van der Waals surface area contributed by atoms with Gasteiger partial charge in [0.15, 0.2) is 0 Å². The van der Waals surface area contributed by atoms with Gasteiger partial charge < -0.3 is 15.0 Å². The summed E-state index contributed by atoms with van der Waals surface area (Å²) in [6, 6.07) is 0.675. The third-order valence-corrected chi connectivity index (χ3v) is 4.32. The number of rotatable bonds is 5. The number of nitrogens with one attached hydrogen (secondary N) is 1. The van der Waals surface area contributed by atoms with Crippen molar-refractivity contribution in [3.8, 4) is 0 Å². The largest absolute Gasteiger partial charge is 0.374 e. The first-order valence-corrected chi connectivity index (χ1v) is 8.02. The van der Waals surface area contributed by atoms with Crippen molar-refractivity contribution >= 4 is 0 Å². The van der Waals surface area contributed by atoms with Gasteiger partial charge >= 0.3 is 0 Å². The van der Waals surface area contributed by atoms with E-state index in [1.54, 1.807) is 0 Å². The minimum Gasteiger partial charge on any atom is -0.374 e. The van der Waals surface area contributed by atoms with E-state index >= 15 is 0 Å². The highest BCUT2D eigenvalue weighted by molar-refractivity contribution is 4.95. The monoisotopic (exact) mass is 281 g/mol. The molecule has 0 radical (unpaired) electrons. The number of likely N-dealkylation sites (N-methyl/N-ethyl adjacent to an activating group) is 1. The lowest BCUT2D eigenvalue weighted by atomic mass is 10.0. The maximum atomic E-state index is 5.80. The SMILES string of the molecule is CC(C)=CCN1CCC(NCC2CN(C)CCO2)CC1. The Labute approximate surface area is 124 Å². The number of allylic oxidation sites excluding steroid dienone is 1. The molecule has 20 heavy (non-hydrogen) atoms.